The summed E-state index contributed by atoms with van der Waals surface area (Å²) in [6.07, 6.45) is 2.89. The fraction of sp³-hybridized carbons (Fsp3) is 0.100. The Morgan fingerprint density at radius 2 is 2.38 bits per heavy atom. The van der Waals surface area contributed by atoms with Crippen molar-refractivity contribution in [3.63, 3.8) is 0 Å². The molecule has 0 unspecified atom stereocenters. The molecular formula is C10H10N2O. The third-order valence-corrected chi connectivity index (χ3v) is 1.76. The maximum Gasteiger partial charge on any atom is 0.116 e. The van der Waals surface area contributed by atoms with Crippen LogP contribution in [0.3, 0.4) is 0 Å². The van der Waals surface area contributed by atoms with Gasteiger partial charge in [0.15, 0.2) is 0 Å². The summed E-state index contributed by atoms with van der Waals surface area (Å²) in [4.78, 5) is 0. The third-order valence-electron chi connectivity index (χ3n) is 1.76. The van der Waals surface area contributed by atoms with Crippen molar-refractivity contribution in [1.82, 2.24) is 9.78 Å². The van der Waals surface area contributed by atoms with Crippen molar-refractivity contribution < 1.29 is 9.22 Å². The highest BCUT2D eigenvalue weighted by Gasteiger charge is 1.99. The lowest BCUT2D eigenvalue weighted by atomic mass is 10.1. The first-order valence-corrected chi connectivity index (χ1v) is 3.81. The molecule has 3 heteroatoms. The lowest BCUT2D eigenvalue weighted by Gasteiger charge is -1.96. The predicted molar refractivity (Wildman–Crippen MR) is 50.3 cm³/mol. The van der Waals surface area contributed by atoms with Gasteiger partial charge in [-0.1, -0.05) is 12.1 Å². The molecule has 0 aliphatic heterocycles. The van der Waals surface area contributed by atoms with Crippen molar-refractivity contribution in [2.24, 2.45) is 6.98 Å². The van der Waals surface area contributed by atoms with E-state index in [1.165, 1.54) is 12.4 Å². The Hall–Kier alpha value is -1.77. The van der Waals surface area contributed by atoms with Crippen molar-refractivity contribution in [2.45, 2.75) is 0 Å². The summed E-state index contributed by atoms with van der Waals surface area (Å²) in [6, 6.07) is 6.58. The van der Waals surface area contributed by atoms with Gasteiger partial charge >= 0.3 is 0 Å². The van der Waals surface area contributed by atoms with Crippen LogP contribution in [0.15, 0.2) is 36.7 Å². The molecule has 66 valence electrons. The van der Waals surface area contributed by atoms with Crippen LogP contribution in [0.2, 0.25) is 0 Å². The number of phenolic OH excluding ortho intramolecular Hbond substituents is 1. The summed E-state index contributed by atoms with van der Waals surface area (Å²) < 4.78 is 22.4. The normalized spacial score (nSPS) is 14.6. The Balaban J connectivity index is 2.39. The molecule has 13 heavy (non-hydrogen) atoms. The fourth-order valence-electron chi connectivity index (χ4n) is 1.16. The molecular weight excluding hydrogens is 164 g/mol. The molecule has 0 amide bonds. The Morgan fingerprint density at radius 1 is 1.46 bits per heavy atom. The van der Waals surface area contributed by atoms with Gasteiger partial charge in [0, 0.05) is 22.8 Å². The minimum Gasteiger partial charge on any atom is -0.508 e. The van der Waals surface area contributed by atoms with Crippen LogP contribution >= 0.6 is 0 Å². The van der Waals surface area contributed by atoms with Crippen LogP contribution in [0, 0.1) is 0 Å². The first kappa shape index (κ1) is 5.07. The van der Waals surface area contributed by atoms with E-state index in [0.29, 0.717) is 5.56 Å². The first-order chi connectivity index (χ1) is 7.47. The summed E-state index contributed by atoms with van der Waals surface area (Å²) in [5.74, 6) is 0.138. The largest absolute Gasteiger partial charge is 0.508 e. The standard InChI is InChI=1S/C10H10N2O/c1-12-7-9(6-11-12)8-3-2-4-10(13)5-8/h2-7,13H,1H3/i1D3. The van der Waals surface area contributed by atoms with E-state index < -0.39 is 6.98 Å². The van der Waals surface area contributed by atoms with Crippen molar-refractivity contribution in [1.29, 1.82) is 0 Å². The predicted octanol–water partition coefficient (Wildman–Crippen LogP) is 1.79. The molecule has 1 aromatic carbocycles. The van der Waals surface area contributed by atoms with E-state index in [1.807, 2.05) is 0 Å². The van der Waals surface area contributed by atoms with Gasteiger partial charge in [-0.15, -0.1) is 0 Å². The molecule has 0 aliphatic rings. The molecule has 0 saturated carbocycles. The second-order valence-corrected chi connectivity index (χ2v) is 2.72. The van der Waals surface area contributed by atoms with Gasteiger partial charge in [-0.3, -0.25) is 4.68 Å². The van der Waals surface area contributed by atoms with E-state index in [9.17, 15) is 5.11 Å². The molecule has 0 spiro atoms. The van der Waals surface area contributed by atoms with E-state index in [1.54, 1.807) is 24.3 Å². The lowest BCUT2D eigenvalue weighted by molar-refractivity contribution is 0.475. The van der Waals surface area contributed by atoms with Gasteiger partial charge in [0.1, 0.15) is 5.75 Å². The summed E-state index contributed by atoms with van der Waals surface area (Å²) in [5.41, 5.74) is 1.39. The monoisotopic (exact) mass is 177 g/mol. The molecule has 1 heterocycles. The van der Waals surface area contributed by atoms with Crippen molar-refractivity contribution in [3.8, 4) is 16.9 Å². The van der Waals surface area contributed by atoms with Crippen LogP contribution < -0.4 is 0 Å². The van der Waals surface area contributed by atoms with Crippen LogP contribution in [0.4, 0.5) is 0 Å². The van der Waals surface area contributed by atoms with Crippen LogP contribution in [0.5, 0.6) is 5.75 Å². The van der Waals surface area contributed by atoms with Gasteiger partial charge in [0.05, 0.1) is 6.20 Å². The van der Waals surface area contributed by atoms with Gasteiger partial charge in [0.25, 0.3) is 0 Å². The highest BCUT2D eigenvalue weighted by molar-refractivity contribution is 5.63. The lowest BCUT2D eigenvalue weighted by Crippen LogP contribution is -1.84. The fourth-order valence-corrected chi connectivity index (χ4v) is 1.16. The van der Waals surface area contributed by atoms with Crippen LogP contribution in [0.1, 0.15) is 4.11 Å². The van der Waals surface area contributed by atoms with Gasteiger partial charge < -0.3 is 5.11 Å². The summed E-state index contributed by atoms with van der Waals surface area (Å²) in [6.45, 7) is -2.27. The maximum absolute atomic E-state index is 9.30. The minimum atomic E-state index is -2.27. The van der Waals surface area contributed by atoms with Crippen LogP contribution in [-0.2, 0) is 6.98 Å². The molecule has 1 aromatic heterocycles. The number of benzene rings is 1. The molecule has 3 nitrogen and oxygen atoms in total. The van der Waals surface area contributed by atoms with E-state index in [0.717, 1.165) is 10.2 Å². The molecule has 0 fully saturated rings. The highest BCUT2D eigenvalue weighted by Crippen LogP contribution is 2.21. The van der Waals surface area contributed by atoms with E-state index in [2.05, 4.69) is 5.10 Å². The molecule has 0 radical (unpaired) electrons. The van der Waals surface area contributed by atoms with Gasteiger partial charge in [-0.25, -0.2) is 0 Å². The van der Waals surface area contributed by atoms with Crippen molar-refractivity contribution in [2.75, 3.05) is 0 Å². The zero-order valence-corrected chi connectivity index (χ0v) is 6.81. The Labute approximate surface area is 80.5 Å². The Kier molecular flexibility index (Phi) is 1.14. The molecule has 0 atom stereocenters. The van der Waals surface area contributed by atoms with Crippen LogP contribution in [0.25, 0.3) is 11.1 Å². The second kappa shape index (κ2) is 2.94. The van der Waals surface area contributed by atoms with Gasteiger partial charge in [-0.05, 0) is 17.7 Å². The summed E-state index contributed by atoms with van der Waals surface area (Å²) >= 11 is 0. The van der Waals surface area contributed by atoms with Crippen molar-refractivity contribution >= 4 is 0 Å². The molecule has 0 aliphatic carbocycles. The number of phenols is 1. The SMILES string of the molecule is [2H]C([2H])([2H])n1cc(-c2cccc(O)c2)cn1. The topological polar surface area (TPSA) is 38.0 Å². The number of aromatic hydroxyl groups is 1. The Bertz CT molecular complexity index is 505. The average Bonchev–Trinajstić information content (AvgIpc) is 2.65. The molecule has 2 rings (SSSR count). The highest BCUT2D eigenvalue weighted by atomic mass is 16.3. The smallest absolute Gasteiger partial charge is 0.116 e. The van der Waals surface area contributed by atoms with Crippen LogP contribution in [-0.4, -0.2) is 14.9 Å². The Morgan fingerprint density at radius 3 is 3.08 bits per heavy atom. The molecule has 2 aromatic rings. The number of hydrogen-bond donors (Lipinski definition) is 1. The van der Waals surface area contributed by atoms with Gasteiger partial charge in [-0.2, -0.15) is 5.10 Å². The second-order valence-electron chi connectivity index (χ2n) is 2.72. The molecule has 0 saturated heterocycles. The molecule has 1 N–H and O–H groups in total. The number of hydrogen-bond acceptors (Lipinski definition) is 2. The first-order valence-electron chi connectivity index (χ1n) is 5.31. The zero-order chi connectivity index (χ0) is 11.8. The van der Waals surface area contributed by atoms with Crippen molar-refractivity contribution in [3.05, 3.63) is 36.7 Å². The van der Waals surface area contributed by atoms with E-state index >= 15 is 0 Å². The summed E-state index contributed by atoms with van der Waals surface area (Å²) in [7, 11) is 0. The zero-order valence-electron chi connectivity index (χ0n) is 9.81. The maximum atomic E-state index is 9.30. The average molecular weight is 177 g/mol. The minimum absolute atomic E-state index is 0.138. The van der Waals surface area contributed by atoms with Gasteiger partial charge in [0.2, 0.25) is 0 Å². The van der Waals surface area contributed by atoms with E-state index in [-0.39, 0.29) is 5.75 Å². The quantitative estimate of drug-likeness (QED) is 0.721. The summed E-state index contributed by atoms with van der Waals surface area (Å²) in [5, 5.41) is 13.1. The number of aromatic nitrogens is 2. The molecule has 0 bridgehead atoms. The number of rotatable bonds is 1. The number of aryl methyl sites for hydroxylation is 1. The third kappa shape index (κ3) is 1.54. The number of nitrogens with zero attached hydrogens (tertiary/aromatic N) is 2. The van der Waals surface area contributed by atoms with E-state index in [4.69, 9.17) is 4.11 Å².